The third kappa shape index (κ3) is 4.40. The van der Waals surface area contributed by atoms with Crippen molar-refractivity contribution in [2.75, 3.05) is 37.7 Å². The Morgan fingerprint density at radius 3 is 2.29 bits per heavy atom. The molecule has 2 heterocycles. The molecular formula is C23H26N4O3S. The van der Waals surface area contributed by atoms with Crippen LogP contribution in [0.5, 0.6) is 5.75 Å². The van der Waals surface area contributed by atoms with Gasteiger partial charge in [-0.3, -0.25) is 0 Å². The quantitative estimate of drug-likeness (QED) is 0.587. The number of ether oxygens (including phenoxy) is 1. The van der Waals surface area contributed by atoms with Crippen LogP contribution in [0.4, 0.5) is 5.82 Å². The van der Waals surface area contributed by atoms with Gasteiger partial charge < -0.3 is 9.64 Å². The van der Waals surface area contributed by atoms with E-state index in [0.29, 0.717) is 38.5 Å². The monoisotopic (exact) mass is 438 g/mol. The van der Waals surface area contributed by atoms with E-state index in [2.05, 4.69) is 15.1 Å². The molecule has 0 N–H and O–H groups in total. The molecule has 0 radical (unpaired) electrons. The van der Waals surface area contributed by atoms with Gasteiger partial charge in [-0.2, -0.15) is 4.31 Å². The maximum atomic E-state index is 13.2. The minimum atomic E-state index is -3.62. The van der Waals surface area contributed by atoms with Crippen molar-refractivity contribution in [2.24, 2.45) is 0 Å². The van der Waals surface area contributed by atoms with Gasteiger partial charge in [0.15, 0.2) is 5.82 Å². The van der Waals surface area contributed by atoms with Gasteiger partial charge in [0.1, 0.15) is 10.6 Å². The predicted molar refractivity (Wildman–Crippen MR) is 121 cm³/mol. The largest absolute Gasteiger partial charge is 0.492 e. The third-order valence-corrected chi connectivity index (χ3v) is 7.34. The van der Waals surface area contributed by atoms with E-state index in [1.807, 2.05) is 50.2 Å². The van der Waals surface area contributed by atoms with Crippen molar-refractivity contribution < 1.29 is 13.2 Å². The minimum Gasteiger partial charge on any atom is -0.492 e. The first kappa shape index (κ1) is 21.3. The number of nitrogens with zero attached hydrogens (tertiary/aromatic N) is 4. The summed E-state index contributed by atoms with van der Waals surface area (Å²) < 4.78 is 33.4. The molecule has 0 unspecified atom stereocenters. The van der Waals surface area contributed by atoms with Crippen LogP contribution in [-0.2, 0) is 10.0 Å². The predicted octanol–water partition coefficient (Wildman–Crippen LogP) is 3.36. The number of anilines is 1. The van der Waals surface area contributed by atoms with E-state index in [1.54, 1.807) is 24.3 Å². The summed E-state index contributed by atoms with van der Waals surface area (Å²) in [6.07, 6.45) is 0. The fourth-order valence-electron chi connectivity index (χ4n) is 3.73. The molecule has 1 aliphatic rings. The van der Waals surface area contributed by atoms with Crippen LogP contribution in [-0.4, -0.2) is 55.7 Å². The highest BCUT2D eigenvalue weighted by atomic mass is 32.2. The summed E-state index contributed by atoms with van der Waals surface area (Å²) in [6.45, 7) is 6.16. The lowest BCUT2D eigenvalue weighted by Crippen LogP contribution is -2.49. The van der Waals surface area contributed by atoms with Gasteiger partial charge in [-0.05, 0) is 43.7 Å². The molecule has 31 heavy (non-hydrogen) atoms. The van der Waals surface area contributed by atoms with E-state index < -0.39 is 10.0 Å². The molecule has 1 aliphatic heterocycles. The second kappa shape index (κ2) is 9.03. The lowest BCUT2D eigenvalue weighted by molar-refractivity contribution is 0.327. The van der Waals surface area contributed by atoms with Gasteiger partial charge >= 0.3 is 0 Å². The van der Waals surface area contributed by atoms with Crippen molar-refractivity contribution in [1.82, 2.24) is 14.5 Å². The SMILES string of the molecule is CCOc1ccccc1S(=O)(=O)N1CCN(c2ccc(-c3ccccc3C)nn2)CC1. The Kier molecular flexibility index (Phi) is 6.20. The normalized spacial score (nSPS) is 15.1. The second-order valence-electron chi connectivity index (χ2n) is 7.36. The number of aryl methyl sites for hydroxylation is 1. The van der Waals surface area contributed by atoms with Gasteiger partial charge in [0.25, 0.3) is 0 Å². The first-order chi connectivity index (χ1) is 15.0. The first-order valence-electron chi connectivity index (χ1n) is 10.4. The van der Waals surface area contributed by atoms with Crippen molar-refractivity contribution in [3.63, 3.8) is 0 Å². The van der Waals surface area contributed by atoms with E-state index in [-0.39, 0.29) is 4.90 Å². The van der Waals surface area contributed by atoms with Crippen LogP contribution in [0, 0.1) is 6.92 Å². The summed E-state index contributed by atoms with van der Waals surface area (Å²) in [4.78, 5) is 2.28. The van der Waals surface area contributed by atoms with Crippen molar-refractivity contribution in [1.29, 1.82) is 0 Å². The highest BCUT2D eigenvalue weighted by molar-refractivity contribution is 7.89. The summed E-state index contributed by atoms with van der Waals surface area (Å²) in [7, 11) is -3.62. The topological polar surface area (TPSA) is 75.6 Å². The Morgan fingerprint density at radius 2 is 1.61 bits per heavy atom. The summed E-state index contributed by atoms with van der Waals surface area (Å²) in [5, 5.41) is 8.78. The number of piperazine rings is 1. The van der Waals surface area contributed by atoms with Crippen LogP contribution in [0.25, 0.3) is 11.3 Å². The fraction of sp³-hybridized carbons (Fsp3) is 0.304. The standard InChI is InChI=1S/C23H26N4O3S/c1-3-30-21-10-6-7-11-22(21)31(28,29)27-16-14-26(15-17-27)23-13-12-20(24-25-23)19-9-5-4-8-18(19)2/h4-13H,3,14-17H2,1-2H3. The molecule has 8 heteroatoms. The molecule has 0 bridgehead atoms. The number of aromatic nitrogens is 2. The van der Waals surface area contributed by atoms with Crippen LogP contribution < -0.4 is 9.64 Å². The van der Waals surface area contributed by atoms with E-state index in [9.17, 15) is 8.42 Å². The lowest BCUT2D eigenvalue weighted by atomic mass is 10.1. The Bertz CT molecular complexity index is 1140. The summed E-state index contributed by atoms with van der Waals surface area (Å²) in [6, 6.07) is 18.8. The molecule has 0 aliphatic carbocycles. The van der Waals surface area contributed by atoms with Gasteiger partial charge in [0, 0.05) is 31.7 Å². The summed E-state index contributed by atoms with van der Waals surface area (Å²) in [5.41, 5.74) is 3.04. The van der Waals surface area contributed by atoms with Crippen LogP contribution in [0.3, 0.4) is 0 Å². The molecule has 1 fully saturated rings. The van der Waals surface area contributed by atoms with E-state index >= 15 is 0 Å². The molecule has 3 aromatic rings. The molecule has 2 aromatic carbocycles. The summed E-state index contributed by atoms with van der Waals surface area (Å²) in [5.74, 6) is 1.15. The number of sulfonamides is 1. The number of para-hydroxylation sites is 1. The highest BCUT2D eigenvalue weighted by Crippen LogP contribution is 2.28. The zero-order chi connectivity index (χ0) is 21.8. The highest BCUT2D eigenvalue weighted by Gasteiger charge is 2.31. The average molecular weight is 439 g/mol. The molecule has 1 aromatic heterocycles. The Labute approximate surface area is 183 Å². The molecule has 0 amide bonds. The molecular weight excluding hydrogens is 412 g/mol. The lowest BCUT2D eigenvalue weighted by Gasteiger charge is -2.34. The Morgan fingerprint density at radius 1 is 0.903 bits per heavy atom. The van der Waals surface area contributed by atoms with E-state index in [0.717, 1.165) is 22.6 Å². The Balaban J connectivity index is 1.46. The molecule has 162 valence electrons. The van der Waals surface area contributed by atoms with Gasteiger partial charge in [-0.1, -0.05) is 36.4 Å². The fourth-order valence-corrected chi connectivity index (χ4v) is 5.29. The molecule has 0 atom stereocenters. The zero-order valence-electron chi connectivity index (χ0n) is 17.7. The smallest absolute Gasteiger partial charge is 0.246 e. The number of rotatable bonds is 6. The third-order valence-electron chi connectivity index (χ3n) is 5.40. The van der Waals surface area contributed by atoms with E-state index in [4.69, 9.17) is 4.74 Å². The van der Waals surface area contributed by atoms with Crippen molar-refractivity contribution >= 4 is 15.8 Å². The number of hydrogen-bond donors (Lipinski definition) is 0. The van der Waals surface area contributed by atoms with Crippen LogP contribution in [0.1, 0.15) is 12.5 Å². The van der Waals surface area contributed by atoms with Crippen LogP contribution >= 0.6 is 0 Å². The second-order valence-corrected chi connectivity index (χ2v) is 9.27. The zero-order valence-corrected chi connectivity index (χ0v) is 18.5. The molecule has 0 spiro atoms. The van der Waals surface area contributed by atoms with Crippen molar-refractivity contribution in [3.8, 4) is 17.0 Å². The number of hydrogen-bond acceptors (Lipinski definition) is 6. The van der Waals surface area contributed by atoms with E-state index in [1.165, 1.54) is 4.31 Å². The minimum absolute atomic E-state index is 0.215. The Hall–Kier alpha value is -2.97. The molecule has 7 nitrogen and oxygen atoms in total. The summed E-state index contributed by atoms with van der Waals surface area (Å²) >= 11 is 0. The van der Waals surface area contributed by atoms with Crippen LogP contribution in [0.2, 0.25) is 0 Å². The van der Waals surface area contributed by atoms with Gasteiger partial charge in [0.05, 0.1) is 12.3 Å². The maximum Gasteiger partial charge on any atom is 0.246 e. The number of benzene rings is 2. The van der Waals surface area contributed by atoms with Crippen LogP contribution in [0.15, 0.2) is 65.6 Å². The van der Waals surface area contributed by atoms with Gasteiger partial charge in [-0.15, -0.1) is 10.2 Å². The average Bonchev–Trinajstić information content (AvgIpc) is 2.80. The van der Waals surface area contributed by atoms with Crippen molar-refractivity contribution in [3.05, 3.63) is 66.2 Å². The molecule has 1 saturated heterocycles. The molecule has 4 rings (SSSR count). The van der Waals surface area contributed by atoms with Crippen molar-refractivity contribution in [2.45, 2.75) is 18.7 Å². The first-order valence-corrected chi connectivity index (χ1v) is 11.8. The van der Waals surface area contributed by atoms with Gasteiger partial charge in [-0.25, -0.2) is 8.42 Å². The maximum absolute atomic E-state index is 13.2. The molecule has 0 saturated carbocycles. The van der Waals surface area contributed by atoms with Gasteiger partial charge in [0.2, 0.25) is 10.0 Å².